The van der Waals surface area contributed by atoms with Crippen LogP contribution in [0.2, 0.25) is 0 Å². The van der Waals surface area contributed by atoms with E-state index in [2.05, 4.69) is 25.3 Å². The Morgan fingerprint density at radius 3 is 1.20 bits per heavy atom. The summed E-state index contributed by atoms with van der Waals surface area (Å²) in [7, 11) is 3.29. The van der Waals surface area contributed by atoms with Crippen LogP contribution < -0.4 is 9.47 Å². The first-order valence-corrected chi connectivity index (χ1v) is 6.96. The highest BCUT2D eigenvalue weighted by atomic mass is 32.1. The van der Waals surface area contributed by atoms with Crippen molar-refractivity contribution in [3.05, 3.63) is 59.7 Å². The number of hydrogen-bond donors (Lipinski definition) is 2. The molecule has 0 aromatic heterocycles. The molecule has 0 atom stereocenters. The molecule has 2 aromatic rings. The van der Waals surface area contributed by atoms with Crippen LogP contribution in [0.15, 0.2) is 48.5 Å². The smallest absolute Gasteiger partial charge is 0.118 e. The molecule has 0 unspecified atom stereocenters. The summed E-state index contributed by atoms with van der Waals surface area (Å²) in [5.74, 6) is 1.64. The van der Waals surface area contributed by atoms with Crippen molar-refractivity contribution in [2.75, 3.05) is 14.2 Å². The molecule has 0 spiro atoms. The summed E-state index contributed by atoms with van der Waals surface area (Å²) in [5.41, 5.74) is 1.99. The number of thiol groups is 2. The van der Waals surface area contributed by atoms with E-state index in [1.165, 1.54) is 0 Å². The summed E-state index contributed by atoms with van der Waals surface area (Å²) in [4.78, 5) is 1.64. The third-order valence-corrected chi connectivity index (χ3v) is 4.09. The van der Waals surface area contributed by atoms with Crippen LogP contribution in [-0.2, 0) is 0 Å². The number of rotatable bonds is 4. The molecule has 0 radical (unpaired) electrons. The number of benzene rings is 2. The van der Waals surface area contributed by atoms with Gasteiger partial charge in [0.2, 0.25) is 0 Å². The van der Waals surface area contributed by atoms with Gasteiger partial charge >= 0.3 is 0 Å². The zero-order chi connectivity index (χ0) is 14.5. The Balaban J connectivity index is 2.32. The predicted molar refractivity (Wildman–Crippen MR) is 90.8 cm³/mol. The molecule has 0 saturated carbocycles. The van der Waals surface area contributed by atoms with Gasteiger partial charge in [-0.2, -0.15) is 0 Å². The average molecular weight is 304 g/mol. The van der Waals surface area contributed by atoms with Gasteiger partial charge < -0.3 is 9.47 Å². The highest BCUT2D eigenvalue weighted by molar-refractivity contribution is 7.96. The molecule has 0 saturated heterocycles. The zero-order valence-electron chi connectivity index (χ0n) is 11.3. The number of hydrogen-bond acceptors (Lipinski definition) is 4. The molecule has 0 aliphatic rings. The fourth-order valence-electron chi connectivity index (χ4n) is 1.77. The van der Waals surface area contributed by atoms with Gasteiger partial charge in [0, 0.05) is 9.81 Å². The van der Waals surface area contributed by atoms with Gasteiger partial charge in [-0.25, -0.2) is 0 Å². The largest absolute Gasteiger partial charge is 0.497 e. The predicted octanol–water partition coefficient (Wildman–Crippen LogP) is 4.39. The minimum absolute atomic E-state index is 0.819. The summed E-state index contributed by atoms with van der Waals surface area (Å²) < 4.78 is 10.3. The summed E-state index contributed by atoms with van der Waals surface area (Å²) in [6, 6.07) is 15.5. The molecule has 0 aliphatic carbocycles. The van der Waals surface area contributed by atoms with Crippen LogP contribution in [0.25, 0.3) is 9.81 Å². The molecule has 0 amide bonds. The van der Waals surface area contributed by atoms with E-state index in [0.29, 0.717) is 0 Å². The van der Waals surface area contributed by atoms with Crippen molar-refractivity contribution in [2.24, 2.45) is 0 Å². The summed E-state index contributed by atoms with van der Waals surface area (Å²) in [5, 5.41) is 0. The molecule has 2 nitrogen and oxygen atoms in total. The molecule has 104 valence electrons. The summed E-state index contributed by atoms with van der Waals surface area (Å²) >= 11 is 9.14. The third kappa shape index (κ3) is 3.32. The van der Waals surface area contributed by atoms with Crippen LogP contribution >= 0.6 is 25.3 Å². The molecule has 0 aliphatic heterocycles. The highest BCUT2D eigenvalue weighted by Gasteiger charge is 2.06. The Hall–Kier alpha value is -1.52. The second-order valence-corrected chi connectivity index (χ2v) is 5.05. The first-order valence-electron chi connectivity index (χ1n) is 6.06. The Labute approximate surface area is 130 Å². The molecule has 2 aromatic carbocycles. The Bertz CT molecular complexity index is 546. The van der Waals surface area contributed by atoms with Crippen molar-refractivity contribution in [2.45, 2.75) is 0 Å². The lowest BCUT2D eigenvalue weighted by Gasteiger charge is -2.08. The van der Waals surface area contributed by atoms with Crippen LogP contribution in [0, 0.1) is 0 Å². The van der Waals surface area contributed by atoms with Gasteiger partial charge in [-0.1, -0.05) is 24.3 Å². The average Bonchev–Trinajstić information content (AvgIpc) is 2.53. The van der Waals surface area contributed by atoms with Gasteiger partial charge in [-0.3, -0.25) is 0 Å². The second kappa shape index (κ2) is 6.77. The third-order valence-electron chi connectivity index (χ3n) is 2.95. The van der Waals surface area contributed by atoms with Crippen molar-refractivity contribution in [3.8, 4) is 11.5 Å². The first-order chi connectivity index (χ1) is 9.65. The maximum atomic E-state index is 5.15. The van der Waals surface area contributed by atoms with Gasteiger partial charge in [0.1, 0.15) is 11.5 Å². The van der Waals surface area contributed by atoms with Gasteiger partial charge in [-0.15, -0.1) is 25.3 Å². The van der Waals surface area contributed by atoms with E-state index in [0.717, 1.165) is 32.4 Å². The minimum Gasteiger partial charge on any atom is -0.497 e. The fourth-order valence-corrected chi connectivity index (χ4v) is 2.33. The first kappa shape index (κ1) is 14.9. The molecule has 0 bridgehead atoms. The van der Waals surface area contributed by atoms with Crippen LogP contribution in [0.3, 0.4) is 0 Å². The van der Waals surface area contributed by atoms with Crippen molar-refractivity contribution in [1.82, 2.24) is 0 Å². The fraction of sp³-hybridized carbons (Fsp3) is 0.125. The molecule has 0 N–H and O–H groups in total. The van der Waals surface area contributed by atoms with Crippen LogP contribution in [0.1, 0.15) is 11.1 Å². The standard InChI is InChI=1S/C16H16O2S2/c1-17-13-7-3-11(4-8-13)15(19)16(20)12-5-9-14(18-2)10-6-12/h3-10,19-20H,1-2H3/b16-15-. The van der Waals surface area contributed by atoms with E-state index in [4.69, 9.17) is 9.47 Å². The summed E-state index contributed by atoms with van der Waals surface area (Å²) in [6.45, 7) is 0. The van der Waals surface area contributed by atoms with Gasteiger partial charge in [-0.05, 0) is 35.4 Å². The van der Waals surface area contributed by atoms with Crippen molar-refractivity contribution < 1.29 is 9.47 Å². The minimum atomic E-state index is 0.819. The lowest BCUT2D eigenvalue weighted by atomic mass is 10.1. The molecule has 0 heterocycles. The maximum Gasteiger partial charge on any atom is 0.118 e. The number of methoxy groups -OCH3 is 2. The highest BCUT2D eigenvalue weighted by Crippen LogP contribution is 2.33. The van der Waals surface area contributed by atoms with Crippen molar-refractivity contribution in [3.63, 3.8) is 0 Å². The molecule has 20 heavy (non-hydrogen) atoms. The summed E-state index contributed by atoms with van der Waals surface area (Å²) in [6.07, 6.45) is 0. The quantitative estimate of drug-likeness (QED) is 0.645. The molecular weight excluding hydrogens is 288 g/mol. The Morgan fingerprint density at radius 2 is 0.950 bits per heavy atom. The van der Waals surface area contributed by atoms with Gasteiger partial charge in [0.05, 0.1) is 14.2 Å². The molecule has 0 fully saturated rings. The topological polar surface area (TPSA) is 18.5 Å². The van der Waals surface area contributed by atoms with Crippen LogP contribution in [-0.4, -0.2) is 14.2 Å². The van der Waals surface area contributed by atoms with E-state index in [1.807, 2.05) is 48.5 Å². The van der Waals surface area contributed by atoms with Crippen molar-refractivity contribution in [1.29, 1.82) is 0 Å². The monoisotopic (exact) mass is 304 g/mol. The van der Waals surface area contributed by atoms with E-state index < -0.39 is 0 Å². The lowest BCUT2D eigenvalue weighted by Crippen LogP contribution is -1.86. The van der Waals surface area contributed by atoms with Gasteiger partial charge in [0.15, 0.2) is 0 Å². The van der Waals surface area contributed by atoms with Crippen LogP contribution in [0.4, 0.5) is 0 Å². The SMILES string of the molecule is COc1ccc(/C(S)=C(/S)c2ccc(OC)cc2)cc1. The normalized spacial score (nSPS) is 11.8. The Morgan fingerprint density at radius 1 is 0.650 bits per heavy atom. The van der Waals surface area contributed by atoms with Crippen molar-refractivity contribution >= 4 is 35.1 Å². The van der Waals surface area contributed by atoms with E-state index in [1.54, 1.807) is 14.2 Å². The Kier molecular flexibility index (Phi) is 5.04. The number of ether oxygens (including phenoxy) is 2. The molecular formula is C16H16O2S2. The molecule has 4 heteroatoms. The van der Waals surface area contributed by atoms with E-state index in [9.17, 15) is 0 Å². The van der Waals surface area contributed by atoms with E-state index >= 15 is 0 Å². The second-order valence-electron chi connectivity index (χ2n) is 4.15. The van der Waals surface area contributed by atoms with E-state index in [-0.39, 0.29) is 0 Å². The molecule has 2 rings (SSSR count). The van der Waals surface area contributed by atoms with Gasteiger partial charge in [0.25, 0.3) is 0 Å². The zero-order valence-corrected chi connectivity index (χ0v) is 13.1. The lowest BCUT2D eigenvalue weighted by molar-refractivity contribution is 0.414. The van der Waals surface area contributed by atoms with Crippen LogP contribution in [0.5, 0.6) is 11.5 Å². The maximum absolute atomic E-state index is 5.15.